The smallest absolute Gasteiger partial charge is 0.167 e. The molecule has 2 aromatic rings. The Balaban J connectivity index is 2.46. The van der Waals surface area contributed by atoms with Gasteiger partial charge >= 0.3 is 0 Å². The van der Waals surface area contributed by atoms with E-state index in [1.807, 2.05) is 0 Å². The van der Waals surface area contributed by atoms with Crippen molar-refractivity contribution in [2.45, 2.75) is 0 Å². The molecule has 0 heterocycles. The molecule has 2 aromatic carbocycles. The summed E-state index contributed by atoms with van der Waals surface area (Å²) in [5.41, 5.74) is 7.20. The van der Waals surface area contributed by atoms with Crippen LogP contribution in [-0.2, 0) is 0 Å². The van der Waals surface area contributed by atoms with E-state index in [-0.39, 0.29) is 17.3 Å². The average molecular weight is 264 g/mol. The number of rotatable bonds is 3. The van der Waals surface area contributed by atoms with E-state index in [4.69, 9.17) is 10.5 Å². The molecule has 0 spiro atoms. The summed E-state index contributed by atoms with van der Waals surface area (Å²) < 4.78 is 31.6. The van der Waals surface area contributed by atoms with Crippen molar-refractivity contribution in [1.82, 2.24) is 0 Å². The van der Waals surface area contributed by atoms with Gasteiger partial charge in [-0.2, -0.15) is 0 Å². The topological polar surface area (TPSA) is 38.5 Å². The fourth-order valence-corrected chi connectivity index (χ4v) is 1.83. The van der Waals surface area contributed by atoms with Crippen molar-refractivity contribution in [2.75, 3.05) is 24.8 Å². The van der Waals surface area contributed by atoms with E-state index in [1.165, 1.54) is 31.4 Å². The first-order valence-corrected chi connectivity index (χ1v) is 5.65. The molecule has 0 saturated carbocycles. The summed E-state index contributed by atoms with van der Waals surface area (Å²) >= 11 is 0. The molecule has 19 heavy (non-hydrogen) atoms. The Morgan fingerprint density at radius 1 is 1.16 bits per heavy atom. The summed E-state index contributed by atoms with van der Waals surface area (Å²) in [6.07, 6.45) is 0. The number of anilines is 3. The maximum atomic E-state index is 13.5. The van der Waals surface area contributed by atoms with Crippen LogP contribution in [0.3, 0.4) is 0 Å². The van der Waals surface area contributed by atoms with E-state index in [0.717, 1.165) is 0 Å². The van der Waals surface area contributed by atoms with Crippen molar-refractivity contribution in [2.24, 2.45) is 0 Å². The number of hydrogen-bond acceptors (Lipinski definition) is 3. The fraction of sp³-hybridized carbons (Fsp3) is 0.143. The Morgan fingerprint density at radius 2 is 1.89 bits per heavy atom. The molecule has 0 aliphatic rings. The van der Waals surface area contributed by atoms with E-state index in [1.54, 1.807) is 24.1 Å². The Labute approximate surface area is 110 Å². The maximum Gasteiger partial charge on any atom is 0.167 e. The van der Waals surface area contributed by atoms with Crippen LogP contribution in [0.5, 0.6) is 5.75 Å². The number of ether oxygens (including phenoxy) is 1. The minimum Gasteiger partial charge on any atom is -0.494 e. The largest absolute Gasteiger partial charge is 0.494 e. The third-order valence-electron chi connectivity index (χ3n) is 2.86. The van der Waals surface area contributed by atoms with Gasteiger partial charge in [0.25, 0.3) is 0 Å². The number of hydrogen-bond donors (Lipinski definition) is 1. The molecule has 5 heteroatoms. The van der Waals surface area contributed by atoms with E-state index >= 15 is 0 Å². The van der Waals surface area contributed by atoms with E-state index in [2.05, 4.69) is 0 Å². The summed E-state index contributed by atoms with van der Waals surface area (Å²) in [6.45, 7) is 0. The highest BCUT2D eigenvalue weighted by atomic mass is 19.1. The van der Waals surface area contributed by atoms with E-state index in [0.29, 0.717) is 11.4 Å². The second-order valence-electron chi connectivity index (χ2n) is 4.08. The molecule has 2 rings (SSSR count). The monoisotopic (exact) mass is 264 g/mol. The number of benzene rings is 2. The highest BCUT2D eigenvalue weighted by molar-refractivity contribution is 5.76. The highest BCUT2D eigenvalue weighted by Gasteiger charge is 2.13. The summed E-state index contributed by atoms with van der Waals surface area (Å²) in [5.74, 6) is -0.791. The average Bonchev–Trinajstić information content (AvgIpc) is 2.38. The van der Waals surface area contributed by atoms with Crippen LogP contribution in [0.15, 0.2) is 36.4 Å². The summed E-state index contributed by atoms with van der Waals surface area (Å²) in [4.78, 5) is 1.67. The quantitative estimate of drug-likeness (QED) is 0.864. The first kappa shape index (κ1) is 13.1. The molecular formula is C14H14F2N2O. The van der Waals surface area contributed by atoms with Crippen LogP contribution in [0.2, 0.25) is 0 Å². The Bertz CT molecular complexity index is 602. The molecule has 0 aromatic heterocycles. The number of nitrogens with two attached hydrogens (primary N) is 1. The summed E-state index contributed by atoms with van der Waals surface area (Å²) in [6, 6.07) is 8.72. The lowest BCUT2D eigenvalue weighted by molar-refractivity contribution is 0.387. The third kappa shape index (κ3) is 2.59. The van der Waals surface area contributed by atoms with Gasteiger partial charge in [-0.15, -0.1) is 0 Å². The number of nitrogen functional groups attached to an aromatic ring is 1. The van der Waals surface area contributed by atoms with Crippen molar-refractivity contribution >= 4 is 17.1 Å². The molecule has 0 atom stereocenters. The highest BCUT2D eigenvalue weighted by Crippen LogP contribution is 2.34. The minimum absolute atomic E-state index is 0.0902. The zero-order valence-electron chi connectivity index (χ0n) is 10.7. The van der Waals surface area contributed by atoms with Gasteiger partial charge in [-0.05, 0) is 18.2 Å². The number of methoxy groups -OCH3 is 1. The third-order valence-corrected chi connectivity index (χ3v) is 2.86. The standard InChI is InChI=1S/C14H14F2N2O/c1-18(10-5-3-4-9(15)6-10)13-8-14(19-2)11(16)7-12(13)17/h3-8H,17H2,1-2H3. The second-order valence-corrected chi connectivity index (χ2v) is 4.08. The van der Waals surface area contributed by atoms with Crippen molar-refractivity contribution in [3.8, 4) is 5.75 Å². The van der Waals surface area contributed by atoms with Crippen LogP contribution in [0.4, 0.5) is 25.8 Å². The van der Waals surface area contributed by atoms with Crippen molar-refractivity contribution in [3.63, 3.8) is 0 Å². The predicted molar refractivity (Wildman–Crippen MR) is 71.8 cm³/mol. The molecule has 0 fully saturated rings. The Kier molecular flexibility index (Phi) is 3.55. The van der Waals surface area contributed by atoms with Crippen LogP contribution in [0, 0.1) is 11.6 Å². The molecule has 0 radical (unpaired) electrons. The first-order valence-electron chi connectivity index (χ1n) is 5.65. The molecule has 0 unspecified atom stereocenters. The number of nitrogens with zero attached hydrogens (tertiary/aromatic N) is 1. The van der Waals surface area contributed by atoms with Crippen LogP contribution >= 0.6 is 0 Å². The molecule has 0 saturated heterocycles. The molecule has 0 bridgehead atoms. The van der Waals surface area contributed by atoms with E-state index < -0.39 is 5.82 Å². The minimum atomic E-state index is -0.531. The molecule has 0 aliphatic heterocycles. The Morgan fingerprint density at radius 3 is 2.53 bits per heavy atom. The molecule has 0 aliphatic carbocycles. The van der Waals surface area contributed by atoms with Crippen LogP contribution in [0.25, 0.3) is 0 Å². The maximum absolute atomic E-state index is 13.5. The SMILES string of the molecule is COc1cc(N(C)c2cccc(F)c2)c(N)cc1F. The second kappa shape index (κ2) is 5.14. The van der Waals surface area contributed by atoms with Gasteiger partial charge in [-0.1, -0.05) is 6.07 Å². The lowest BCUT2D eigenvalue weighted by Crippen LogP contribution is -2.12. The van der Waals surface area contributed by atoms with Crippen molar-refractivity contribution < 1.29 is 13.5 Å². The fourth-order valence-electron chi connectivity index (χ4n) is 1.83. The van der Waals surface area contributed by atoms with Gasteiger partial charge in [-0.25, -0.2) is 8.78 Å². The van der Waals surface area contributed by atoms with Gasteiger partial charge in [0.2, 0.25) is 0 Å². The van der Waals surface area contributed by atoms with Gasteiger partial charge in [0.05, 0.1) is 18.5 Å². The molecule has 100 valence electrons. The van der Waals surface area contributed by atoms with Crippen LogP contribution < -0.4 is 15.4 Å². The molecular weight excluding hydrogens is 250 g/mol. The normalized spacial score (nSPS) is 10.3. The number of halogens is 2. The lowest BCUT2D eigenvalue weighted by Gasteiger charge is -2.22. The lowest BCUT2D eigenvalue weighted by atomic mass is 10.2. The van der Waals surface area contributed by atoms with Gasteiger partial charge in [0.1, 0.15) is 5.82 Å². The van der Waals surface area contributed by atoms with Crippen molar-refractivity contribution in [1.29, 1.82) is 0 Å². The first-order chi connectivity index (χ1) is 9.02. The molecule has 0 amide bonds. The van der Waals surface area contributed by atoms with Crippen molar-refractivity contribution in [3.05, 3.63) is 48.0 Å². The Hall–Kier alpha value is -2.30. The zero-order valence-corrected chi connectivity index (χ0v) is 10.7. The summed E-state index contributed by atoms with van der Waals surface area (Å²) in [7, 11) is 3.10. The summed E-state index contributed by atoms with van der Waals surface area (Å²) in [5, 5.41) is 0. The van der Waals surface area contributed by atoms with Gasteiger partial charge in [0.15, 0.2) is 11.6 Å². The van der Waals surface area contributed by atoms with Crippen LogP contribution in [-0.4, -0.2) is 14.2 Å². The zero-order chi connectivity index (χ0) is 14.0. The van der Waals surface area contributed by atoms with E-state index in [9.17, 15) is 8.78 Å². The van der Waals surface area contributed by atoms with Gasteiger partial charge in [0, 0.05) is 24.9 Å². The van der Waals surface area contributed by atoms with Gasteiger partial charge < -0.3 is 15.4 Å². The van der Waals surface area contributed by atoms with Gasteiger partial charge in [-0.3, -0.25) is 0 Å². The predicted octanol–water partition coefficient (Wildman–Crippen LogP) is 3.32. The molecule has 2 N–H and O–H groups in total. The van der Waals surface area contributed by atoms with Crippen LogP contribution in [0.1, 0.15) is 0 Å². The molecule has 3 nitrogen and oxygen atoms in total.